The zero-order valence-corrected chi connectivity index (χ0v) is 15.8. The zero-order valence-electron chi connectivity index (χ0n) is 15.8. The summed E-state index contributed by atoms with van der Waals surface area (Å²) in [5.74, 6) is 1.42. The molecular weight excluding hydrogens is 276 g/mol. The number of hydrogen-bond acceptors (Lipinski definition) is 0. The van der Waals surface area contributed by atoms with Crippen LogP contribution in [0.15, 0.2) is 30.9 Å². The Morgan fingerprint density at radius 3 is 2.00 bits per heavy atom. The summed E-state index contributed by atoms with van der Waals surface area (Å²) in [5.41, 5.74) is 4.19. The topological polar surface area (TPSA) is 0 Å². The SMILES string of the molecule is C=C[C](CCCCCCCCCCCC)c1cccc(C)c1C. The Morgan fingerprint density at radius 1 is 0.870 bits per heavy atom. The zero-order chi connectivity index (χ0) is 16.9. The van der Waals surface area contributed by atoms with Crippen molar-refractivity contribution in [1.29, 1.82) is 0 Å². The number of rotatable bonds is 13. The van der Waals surface area contributed by atoms with Crippen LogP contribution >= 0.6 is 0 Å². The summed E-state index contributed by atoms with van der Waals surface area (Å²) >= 11 is 0. The first-order valence-corrected chi connectivity index (χ1v) is 9.75. The molecule has 1 aromatic carbocycles. The first-order chi connectivity index (χ1) is 11.2. The molecule has 0 amide bonds. The molecule has 0 nitrogen and oxygen atoms in total. The van der Waals surface area contributed by atoms with Crippen molar-refractivity contribution in [3.63, 3.8) is 0 Å². The Hall–Kier alpha value is -1.04. The maximum atomic E-state index is 4.03. The fourth-order valence-corrected chi connectivity index (χ4v) is 3.25. The van der Waals surface area contributed by atoms with Gasteiger partial charge >= 0.3 is 0 Å². The minimum Gasteiger partial charge on any atom is -0.102 e. The number of aryl methyl sites for hydroxylation is 1. The van der Waals surface area contributed by atoms with Gasteiger partial charge in [0, 0.05) is 5.92 Å². The van der Waals surface area contributed by atoms with Gasteiger partial charge in [0.2, 0.25) is 0 Å². The highest BCUT2D eigenvalue weighted by Gasteiger charge is 2.11. The summed E-state index contributed by atoms with van der Waals surface area (Å²) < 4.78 is 0. The number of unbranched alkanes of at least 4 members (excludes halogenated alkanes) is 9. The van der Waals surface area contributed by atoms with E-state index in [1.54, 1.807) is 0 Å². The molecule has 0 heteroatoms. The maximum absolute atomic E-state index is 4.03. The third-order valence-electron chi connectivity index (χ3n) is 5.00. The summed E-state index contributed by atoms with van der Waals surface area (Å²) in [5, 5.41) is 0. The van der Waals surface area contributed by atoms with Crippen molar-refractivity contribution in [2.75, 3.05) is 0 Å². The molecule has 0 heterocycles. The van der Waals surface area contributed by atoms with Crippen molar-refractivity contribution in [2.24, 2.45) is 0 Å². The Balaban J connectivity index is 2.16. The second-order valence-electron chi connectivity index (χ2n) is 6.91. The van der Waals surface area contributed by atoms with Gasteiger partial charge in [-0.3, -0.25) is 0 Å². The smallest absolute Gasteiger partial charge is 0.0264 e. The van der Waals surface area contributed by atoms with Crippen LogP contribution in [-0.4, -0.2) is 0 Å². The summed E-state index contributed by atoms with van der Waals surface area (Å²) in [6.07, 6.45) is 17.2. The van der Waals surface area contributed by atoms with E-state index in [1.807, 2.05) is 0 Å². The molecule has 0 aliphatic rings. The third kappa shape index (κ3) is 7.86. The van der Waals surface area contributed by atoms with Crippen molar-refractivity contribution in [3.05, 3.63) is 53.5 Å². The van der Waals surface area contributed by atoms with Crippen LogP contribution < -0.4 is 0 Å². The highest BCUT2D eigenvalue weighted by molar-refractivity contribution is 5.45. The van der Waals surface area contributed by atoms with Gasteiger partial charge in [-0.05, 0) is 37.0 Å². The second-order valence-corrected chi connectivity index (χ2v) is 6.91. The Labute approximate surface area is 145 Å². The van der Waals surface area contributed by atoms with Crippen LogP contribution in [0.25, 0.3) is 0 Å². The lowest BCUT2D eigenvalue weighted by molar-refractivity contribution is 0.554. The molecule has 1 rings (SSSR count). The van der Waals surface area contributed by atoms with Crippen molar-refractivity contribution < 1.29 is 0 Å². The van der Waals surface area contributed by atoms with E-state index in [0.29, 0.717) is 0 Å². The van der Waals surface area contributed by atoms with E-state index < -0.39 is 0 Å². The van der Waals surface area contributed by atoms with Crippen molar-refractivity contribution in [2.45, 2.75) is 91.4 Å². The number of benzene rings is 1. The normalized spacial score (nSPS) is 11.1. The van der Waals surface area contributed by atoms with E-state index in [0.717, 1.165) is 0 Å². The van der Waals surface area contributed by atoms with Crippen LogP contribution in [0.1, 0.15) is 94.2 Å². The fraction of sp³-hybridized carbons (Fsp3) is 0.609. The first kappa shape index (κ1) is 20.0. The predicted molar refractivity (Wildman–Crippen MR) is 105 cm³/mol. The molecule has 0 saturated carbocycles. The minimum absolute atomic E-state index is 1.17. The summed E-state index contributed by atoms with van der Waals surface area (Å²) in [6.45, 7) is 10.7. The first-order valence-electron chi connectivity index (χ1n) is 9.75. The maximum Gasteiger partial charge on any atom is 0.0264 e. The summed E-state index contributed by atoms with van der Waals surface area (Å²) in [7, 11) is 0. The van der Waals surface area contributed by atoms with Gasteiger partial charge in [-0.15, -0.1) is 6.58 Å². The largest absolute Gasteiger partial charge is 0.102 e. The quantitative estimate of drug-likeness (QED) is 0.327. The molecule has 0 saturated heterocycles. The average molecular weight is 314 g/mol. The molecule has 1 aromatic rings. The Morgan fingerprint density at radius 2 is 1.43 bits per heavy atom. The number of allylic oxidation sites excluding steroid dienone is 1. The van der Waals surface area contributed by atoms with Crippen LogP contribution in [0.2, 0.25) is 0 Å². The molecule has 129 valence electrons. The molecule has 1 radical (unpaired) electrons. The number of hydrogen-bond donors (Lipinski definition) is 0. The van der Waals surface area contributed by atoms with Gasteiger partial charge in [-0.2, -0.15) is 0 Å². The van der Waals surface area contributed by atoms with Crippen molar-refractivity contribution in [1.82, 2.24) is 0 Å². The monoisotopic (exact) mass is 313 g/mol. The van der Waals surface area contributed by atoms with Gasteiger partial charge in [-0.25, -0.2) is 0 Å². The van der Waals surface area contributed by atoms with Gasteiger partial charge in [0.15, 0.2) is 0 Å². The van der Waals surface area contributed by atoms with Gasteiger partial charge in [0.05, 0.1) is 0 Å². The van der Waals surface area contributed by atoms with Crippen LogP contribution in [0, 0.1) is 19.8 Å². The molecule has 0 spiro atoms. The molecule has 0 aromatic heterocycles. The highest BCUT2D eigenvalue weighted by atomic mass is 14.2. The van der Waals surface area contributed by atoms with E-state index in [1.165, 1.54) is 93.2 Å². The summed E-state index contributed by atoms with van der Waals surface area (Å²) in [6, 6.07) is 6.61. The van der Waals surface area contributed by atoms with E-state index in [2.05, 4.69) is 51.6 Å². The van der Waals surface area contributed by atoms with Crippen LogP contribution in [0.5, 0.6) is 0 Å². The molecule has 0 fully saturated rings. The van der Waals surface area contributed by atoms with Crippen LogP contribution in [0.3, 0.4) is 0 Å². The molecule has 0 bridgehead atoms. The molecule has 0 atom stereocenters. The Kier molecular flexibility index (Phi) is 10.8. The highest BCUT2D eigenvalue weighted by Crippen LogP contribution is 2.27. The van der Waals surface area contributed by atoms with Crippen molar-refractivity contribution >= 4 is 0 Å². The van der Waals surface area contributed by atoms with Gasteiger partial charge in [0.1, 0.15) is 0 Å². The lowest BCUT2D eigenvalue weighted by Gasteiger charge is -2.16. The average Bonchev–Trinajstić information content (AvgIpc) is 2.56. The standard InChI is InChI=1S/C23H37/c1-5-7-8-9-10-11-12-13-14-15-18-22(6-2)23-19-16-17-20(3)21(23)4/h6,16-17,19H,2,5,7-15,18H2,1,3-4H3. The van der Waals surface area contributed by atoms with E-state index in [9.17, 15) is 0 Å². The molecule has 0 aliphatic heterocycles. The summed E-state index contributed by atoms with van der Waals surface area (Å²) in [4.78, 5) is 0. The van der Waals surface area contributed by atoms with E-state index >= 15 is 0 Å². The molecule has 0 N–H and O–H groups in total. The van der Waals surface area contributed by atoms with Crippen LogP contribution in [-0.2, 0) is 0 Å². The lowest BCUT2D eigenvalue weighted by Crippen LogP contribution is -2.00. The fourth-order valence-electron chi connectivity index (χ4n) is 3.25. The van der Waals surface area contributed by atoms with E-state index in [-0.39, 0.29) is 0 Å². The van der Waals surface area contributed by atoms with Crippen LogP contribution in [0.4, 0.5) is 0 Å². The lowest BCUT2D eigenvalue weighted by atomic mass is 9.88. The van der Waals surface area contributed by atoms with Gasteiger partial charge in [-0.1, -0.05) is 95.4 Å². The van der Waals surface area contributed by atoms with Gasteiger partial charge < -0.3 is 0 Å². The predicted octanol–water partition coefficient (Wildman–Crippen LogP) is 7.72. The second kappa shape index (κ2) is 12.4. The molecule has 23 heavy (non-hydrogen) atoms. The minimum atomic E-state index is 1.17. The third-order valence-corrected chi connectivity index (χ3v) is 5.00. The van der Waals surface area contributed by atoms with Crippen molar-refractivity contribution in [3.8, 4) is 0 Å². The van der Waals surface area contributed by atoms with E-state index in [4.69, 9.17) is 0 Å². The van der Waals surface area contributed by atoms with Gasteiger partial charge in [0.25, 0.3) is 0 Å². The molecule has 0 aliphatic carbocycles. The Bertz CT molecular complexity index is 430. The molecule has 0 unspecified atom stereocenters. The molecular formula is C23H37.